The van der Waals surface area contributed by atoms with Crippen LogP contribution in [0.1, 0.15) is 71.6 Å². The lowest BCUT2D eigenvalue weighted by Gasteiger charge is -2.08. The van der Waals surface area contributed by atoms with Crippen molar-refractivity contribution in [3.8, 4) is 0 Å². The Morgan fingerprint density at radius 3 is 2.53 bits per heavy atom. The largest absolute Gasteiger partial charge is 0.393 e. The SMILES string of the molecule is CCCC[C@H](O)C/C=C\CCC[C@@H](CCC)N=[N+]=[N-]. The highest BCUT2D eigenvalue weighted by Crippen LogP contribution is 2.12. The molecule has 0 unspecified atom stereocenters. The summed E-state index contributed by atoms with van der Waals surface area (Å²) < 4.78 is 0. The molecule has 0 fully saturated rings. The molecule has 0 radical (unpaired) electrons. The first-order chi connectivity index (χ1) is 9.24. The van der Waals surface area contributed by atoms with E-state index in [0.29, 0.717) is 0 Å². The van der Waals surface area contributed by atoms with Crippen molar-refractivity contribution in [1.82, 2.24) is 0 Å². The fourth-order valence-electron chi connectivity index (χ4n) is 2.07. The van der Waals surface area contributed by atoms with Gasteiger partial charge in [-0.05, 0) is 44.1 Å². The van der Waals surface area contributed by atoms with E-state index in [-0.39, 0.29) is 12.1 Å². The molecule has 0 heterocycles. The number of aliphatic hydroxyl groups excluding tert-OH is 1. The first-order valence-corrected chi connectivity index (χ1v) is 7.61. The van der Waals surface area contributed by atoms with Gasteiger partial charge in [0.2, 0.25) is 0 Å². The lowest BCUT2D eigenvalue weighted by molar-refractivity contribution is 0.164. The molecule has 0 aromatic heterocycles. The highest BCUT2D eigenvalue weighted by atomic mass is 16.3. The van der Waals surface area contributed by atoms with Crippen LogP contribution in [0.15, 0.2) is 17.3 Å². The van der Waals surface area contributed by atoms with Gasteiger partial charge in [-0.25, -0.2) is 0 Å². The zero-order valence-corrected chi connectivity index (χ0v) is 12.5. The van der Waals surface area contributed by atoms with E-state index in [1.165, 1.54) is 0 Å². The van der Waals surface area contributed by atoms with Gasteiger partial charge < -0.3 is 5.11 Å². The molecule has 0 saturated heterocycles. The summed E-state index contributed by atoms with van der Waals surface area (Å²) in [6.07, 6.45) is 13.0. The number of aliphatic hydroxyl groups is 1. The molecule has 0 rings (SSSR count). The molecule has 0 bridgehead atoms. The van der Waals surface area contributed by atoms with E-state index in [1.807, 2.05) is 0 Å². The molecule has 0 spiro atoms. The maximum absolute atomic E-state index is 9.66. The quantitative estimate of drug-likeness (QED) is 0.172. The summed E-state index contributed by atoms with van der Waals surface area (Å²) in [4.78, 5) is 2.90. The topological polar surface area (TPSA) is 69.0 Å². The summed E-state index contributed by atoms with van der Waals surface area (Å²) in [5.41, 5.74) is 8.45. The standard InChI is InChI=1S/C15H29N3O/c1-3-5-12-15(19)13-9-7-6-8-11-14(10-4-2)17-18-16/h7,9,14-15,19H,3-6,8,10-13H2,1-2H3/b9-7-/t14-,15+/m1/s1. The summed E-state index contributed by atoms with van der Waals surface area (Å²) >= 11 is 0. The van der Waals surface area contributed by atoms with Crippen LogP contribution in [-0.4, -0.2) is 17.3 Å². The second-order valence-electron chi connectivity index (χ2n) is 5.08. The Bertz CT molecular complexity index is 273. The summed E-state index contributed by atoms with van der Waals surface area (Å²) in [7, 11) is 0. The van der Waals surface area contributed by atoms with Gasteiger partial charge >= 0.3 is 0 Å². The Morgan fingerprint density at radius 1 is 1.11 bits per heavy atom. The summed E-state index contributed by atoms with van der Waals surface area (Å²) in [5, 5.41) is 13.5. The predicted molar refractivity (Wildman–Crippen MR) is 81.0 cm³/mol. The molecule has 1 N–H and O–H groups in total. The molecule has 0 aromatic carbocycles. The maximum Gasteiger partial charge on any atom is 0.0574 e. The van der Waals surface area contributed by atoms with Gasteiger partial charge in [0, 0.05) is 11.0 Å². The fraction of sp³-hybridized carbons (Fsp3) is 0.867. The molecule has 0 aromatic rings. The number of hydrogen-bond donors (Lipinski definition) is 1. The van der Waals surface area contributed by atoms with Crippen LogP contribution in [0, 0.1) is 0 Å². The van der Waals surface area contributed by atoms with Crippen molar-refractivity contribution in [2.24, 2.45) is 5.11 Å². The zero-order valence-electron chi connectivity index (χ0n) is 12.5. The van der Waals surface area contributed by atoms with E-state index in [9.17, 15) is 5.11 Å². The van der Waals surface area contributed by atoms with E-state index in [2.05, 4.69) is 36.0 Å². The van der Waals surface area contributed by atoms with Crippen molar-refractivity contribution in [2.75, 3.05) is 0 Å². The van der Waals surface area contributed by atoms with Gasteiger partial charge in [-0.3, -0.25) is 0 Å². The van der Waals surface area contributed by atoms with Crippen LogP contribution in [0.2, 0.25) is 0 Å². The van der Waals surface area contributed by atoms with Gasteiger partial charge in [-0.1, -0.05) is 50.4 Å². The lowest BCUT2D eigenvalue weighted by atomic mass is 10.1. The third kappa shape index (κ3) is 11.8. The van der Waals surface area contributed by atoms with Crippen molar-refractivity contribution in [1.29, 1.82) is 0 Å². The number of allylic oxidation sites excluding steroid dienone is 1. The molecule has 19 heavy (non-hydrogen) atoms. The van der Waals surface area contributed by atoms with Crippen LogP contribution < -0.4 is 0 Å². The van der Waals surface area contributed by atoms with Gasteiger partial charge in [0.1, 0.15) is 0 Å². The minimum atomic E-state index is -0.188. The van der Waals surface area contributed by atoms with Crippen LogP contribution >= 0.6 is 0 Å². The number of nitrogens with zero attached hydrogens (tertiary/aromatic N) is 3. The highest BCUT2D eigenvalue weighted by molar-refractivity contribution is 4.84. The average molecular weight is 267 g/mol. The molecule has 4 heteroatoms. The Balaban J connectivity index is 3.63. The predicted octanol–water partition coefficient (Wildman–Crippen LogP) is 5.13. The molecule has 110 valence electrons. The van der Waals surface area contributed by atoms with E-state index in [4.69, 9.17) is 5.53 Å². The van der Waals surface area contributed by atoms with Crippen LogP contribution in [-0.2, 0) is 0 Å². The molecule has 0 aliphatic carbocycles. The number of rotatable bonds is 12. The summed E-state index contributed by atoms with van der Waals surface area (Å²) in [6, 6.07) is 0.151. The zero-order chi connectivity index (χ0) is 14.3. The van der Waals surface area contributed by atoms with E-state index < -0.39 is 0 Å². The number of hydrogen-bond acceptors (Lipinski definition) is 2. The van der Waals surface area contributed by atoms with E-state index >= 15 is 0 Å². The molecule has 0 amide bonds. The van der Waals surface area contributed by atoms with Gasteiger partial charge in [0.25, 0.3) is 0 Å². The Morgan fingerprint density at radius 2 is 1.89 bits per heavy atom. The van der Waals surface area contributed by atoms with Crippen molar-refractivity contribution in [3.05, 3.63) is 22.6 Å². The monoisotopic (exact) mass is 267 g/mol. The Labute approximate surface area is 117 Å². The average Bonchev–Trinajstić information content (AvgIpc) is 2.40. The van der Waals surface area contributed by atoms with Gasteiger partial charge in [-0.15, -0.1) is 0 Å². The number of azide groups is 1. The van der Waals surface area contributed by atoms with E-state index in [1.54, 1.807) is 0 Å². The van der Waals surface area contributed by atoms with Crippen LogP contribution in [0.3, 0.4) is 0 Å². The normalized spacial score (nSPS) is 14.3. The third-order valence-corrected chi connectivity index (χ3v) is 3.21. The molecule has 0 aliphatic heterocycles. The Kier molecular flexibility index (Phi) is 12.7. The minimum absolute atomic E-state index is 0.151. The Hall–Kier alpha value is -0.990. The van der Waals surface area contributed by atoms with Crippen molar-refractivity contribution >= 4 is 0 Å². The summed E-state index contributed by atoms with van der Waals surface area (Å²) in [6.45, 7) is 4.25. The smallest absolute Gasteiger partial charge is 0.0574 e. The molecule has 2 atom stereocenters. The van der Waals surface area contributed by atoms with Crippen LogP contribution in [0.5, 0.6) is 0 Å². The third-order valence-electron chi connectivity index (χ3n) is 3.21. The molecular formula is C15H29N3O. The lowest BCUT2D eigenvalue weighted by Crippen LogP contribution is -2.04. The fourth-order valence-corrected chi connectivity index (χ4v) is 2.07. The second-order valence-corrected chi connectivity index (χ2v) is 5.08. The van der Waals surface area contributed by atoms with E-state index in [0.717, 1.165) is 57.8 Å². The number of unbranched alkanes of at least 4 members (excludes halogenated alkanes) is 2. The molecule has 4 nitrogen and oxygen atoms in total. The van der Waals surface area contributed by atoms with Crippen molar-refractivity contribution < 1.29 is 5.11 Å². The maximum atomic E-state index is 9.66. The minimum Gasteiger partial charge on any atom is -0.393 e. The molecule has 0 aliphatic rings. The van der Waals surface area contributed by atoms with Gasteiger partial charge in [0.15, 0.2) is 0 Å². The van der Waals surface area contributed by atoms with Crippen LogP contribution in [0.25, 0.3) is 10.4 Å². The molecular weight excluding hydrogens is 238 g/mol. The first-order valence-electron chi connectivity index (χ1n) is 7.61. The molecule has 0 saturated carbocycles. The van der Waals surface area contributed by atoms with Crippen molar-refractivity contribution in [3.63, 3.8) is 0 Å². The first kappa shape index (κ1) is 18.0. The van der Waals surface area contributed by atoms with Crippen LogP contribution in [0.4, 0.5) is 0 Å². The highest BCUT2D eigenvalue weighted by Gasteiger charge is 2.03. The second kappa shape index (κ2) is 13.4. The van der Waals surface area contributed by atoms with Gasteiger partial charge in [0.05, 0.1) is 6.10 Å². The van der Waals surface area contributed by atoms with Gasteiger partial charge in [-0.2, -0.15) is 0 Å². The van der Waals surface area contributed by atoms with Crippen molar-refractivity contribution in [2.45, 2.75) is 83.8 Å². The summed E-state index contributed by atoms with van der Waals surface area (Å²) in [5.74, 6) is 0.